The number of aryl methyl sites for hydroxylation is 1. The molecule has 0 saturated carbocycles. The van der Waals surface area contributed by atoms with Crippen LogP contribution in [-0.2, 0) is 11.2 Å². The first kappa shape index (κ1) is 16.2. The Bertz CT molecular complexity index is 735. The molecule has 1 heterocycles. The number of hydrogen-bond acceptors (Lipinski definition) is 5. The maximum Gasteiger partial charge on any atom is 0.228 e. The lowest BCUT2D eigenvalue weighted by atomic mass is 9.91. The molecule has 1 atom stereocenters. The predicted octanol–water partition coefficient (Wildman–Crippen LogP) is 2.18. The van der Waals surface area contributed by atoms with Crippen LogP contribution in [0.5, 0.6) is 0 Å². The summed E-state index contributed by atoms with van der Waals surface area (Å²) in [6, 6.07) is 12.8. The summed E-state index contributed by atoms with van der Waals surface area (Å²) in [6.07, 6.45) is 1.56. The zero-order valence-electron chi connectivity index (χ0n) is 12.5. The van der Waals surface area contributed by atoms with E-state index in [2.05, 4.69) is 0 Å². The molecule has 6 nitrogen and oxygen atoms in total. The monoisotopic (exact) mass is 305 g/mol. The lowest BCUT2D eigenvalue weighted by Gasteiger charge is -2.30. The van der Waals surface area contributed by atoms with Crippen molar-refractivity contribution in [2.75, 3.05) is 11.4 Å². The fourth-order valence-corrected chi connectivity index (χ4v) is 2.67. The van der Waals surface area contributed by atoms with Crippen molar-refractivity contribution in [1.29, 1.82) is 21.2 Å². The molecule has 6 heteroatoms. The van der Waals surface area contributed by atoms with Crippen molar-refractivity contribution < 1.29 is 4.79 Å². The molecule has 1 aromatic rings. The quantitative estimate of drug-likeness (QED) is 0.858. The molecule has 0 unspecified atom stereocenters. The smallest absolute Gasteiger partial charge is 0.228 e. The maximum atomic E-state index is 12.5. The van der Waals surface area contributed by atoms with Gasteiger partial charge in [-0.15, -0.1) is 0 Å². The van der Waals surface area contributed by atoms with Gasteiger partial charge in [-0.3, -0.25) is 4.79 Å². The number of carbonyl (C=O) groups excluding carboxylic acids is 1. The Balaban J connectivity index is 2.16. The minimum Gasteiger partial charge on any atom is -0.312 e. The predicted molar refractivity (Wildman–Crippen MR) is 83.3 cm³/mol. The third-order valence-corrected chi connectivity index (χ3v) is 3.89. The summed E-state index contributed by atoms with van der Waals surface area (Å²) >= 11 is 0. The van der Waals surface area contributed by atoms with E-state index < -0.39 is 11.8 Å². The molecule has 0 fully saturated rings. The van der Waals surface area contributed by atoms with Crippen LogP contribution >= 0.6 is 0 Å². The maximum absolute atomic E-state index is 12.5. The molecule has 1 aliphatic rings. The number of nitriles is 3. The third kappa shape index (κ3) is 3.36. The number of fused-ring (bicyclic) bond motifs is 1. The first-order valence-corrected chi connectivity index (χ1v) is 7.27. The molecule has 0 saturated heterocycles. The SMILES string of the molecule is N#CC(C#N)C(=N)[C@H](C#N)CC(=O)N1CCCc2ccccc21. The Morgan fingerprint density at radius 3 is 2.57 bits per heavy atom. The van der Waals surface area contributed by atoms with Gasteiger partial charge in [0.2, 0.25) is 5.91 Å². The van der Waals surface area contributed by atoms with Gasteiger partial charge < -0.3 is 10.3 Å². The van der Waals surface area contributed by atoms with Gasteiger partial charge in [-0.05, 0) is 24.5 Å². The number of para-hydroxylation sites is 1. The minimum absolute atomic E-state index is 0.191. The van der Waals surface area contributed by atoms with Crippen molar-refractivity contribution in [2.45, 2.75) is 19.3 Å². The van der Waals surface area contributed by atoms with Crippen LogP contribution in [0.15, 0.2) is 24.3 Å². The number of carbonyl (C=O) groups is 1. The van der Waals surface area contributed by atoms with Crippen LogP contribution in [0.25, 0.3) is 0 Å². The molecule has 0 bridgehead atoms. The molecular weight excluding hydrogens is 290 g/mol. The van der Waals surface area contributed by atoms with E-state index in [4.69, 9.17) is 15.9 Å². The van der Waals surface area contributed by atoms with E-state index in [1.807, 2.05) is 30.3 Å². The second kappa shape index (κ2) is 7.20. The number of rotatable bonds is 4. The van der Waals surface area contributed by atoms with Crippen LogP contribution in [0.3, 0.4) is 0 Å². The fourth-order valence-electron chi connectivity index (χ4n) is 2.67. The first-order valence-electron chi connectivity index (χ1n) is 7.27. The van der Waals surface area contributed by atoms with Crippen molar-refractivity contribution in [1.82, 2.24) is 0 Å². The summed E-state index contributed by atoms with van der Waals surface area (Å²) in [4.78, 5) is 14.2. The standard InChI is InChI=1S/C17H15N5O/c18-9-13(17(21)14(10-19)11-20)8-16(23)22-7-3-5-12-4-1-2-6-15(12)22/h1-2,4,6,13-14,21H,3,5,7-8H2/t13-/m0/s1. The van der Waals surface area contributed by atoms with E-state index in [1.54, 1.807) is 17.0 Å². The van der Waals surface area contributed by atoms with Gasteiger partial charge in [0.1, 0.15) is 0 Å². The van der Waals surface area contributed by atoms with Crippen LogP contribution in [0.2, 0.25) is 0 Å². The van der Waals surface area contributed by atoms with Crippen LogP contribution in [0.4, 0.5) is 5.69 Å². The summed E-state index contributed by atoms with van der Waals surface area (Å²) < 4.78 is 0. The average molecular weight is 305 g/mol. The van der Waals surface area contributed by atoms with Gasteiger partial charge in [-0.2, -0.15) is 15.8 Å². The Hall–Kier alpha value is -3.17. The van der Waals surface area contributed by atoms with Crippen LogP contribution < -0.4 is 4.90 Å². The fraction of sp³-hybridized carbons (Fsp3) is 0.353. The zero-order valence-corrected chi connectivity index (χ0v) is 12.5. The first-order chi connectivity index (χ1) is 11.1. The normalized spacial score (nSPS) is 14.1. The van der Waals surface area contributed by atoms with E-state index >= 15 is 0 Å². The molecule has 0 radical (unpaired) electrons. The second-order valence-electron chi connectivity index (χ2n) is 5.31. The van der Waals surface area contributed by atoms with Crippen molar-refractivity contribution >= 4 is 17.3 Å². The zero-order chi connectivity index (χ0) is 16.8. The minimum atomic E-state index is -1.29. The number of amides is 1. The molecule has 114 valence electrons. The van der Waals surface area contributed by atoms with Gasteiger partial charge in [-0.25, -0.2) is 0 Å². The highest BCUT2D eigenvalue weighted by Crippen LogP contribution is 2.28. The average Bonchev–Trinajstić information content (AvgIpc) is 2.59. The van der Waals surface area contributed by atoms with Gasteiger partial charge in [0, 0.05) is 18.7 Å². The summed E-state index contributed by atoms with van der Waals surface area (Å²) in [5, 5.41) is 34.7. The van der Waals surface area contributed by atoms with E-state index in [0.29, 0.717) is 6.54 Å². The molecule has 1 N–H and O–H groups in total. The van der Waals surface area contributed by atoms with Crippen molar-refractivity contribution in [3.05, 3.63) is 29.8 Å². The molecular formula is C17H15N5O. The molecule has 1 amide bonds. The lowest BCUT2D eigenvalue weighted by molar-refractivity contribution is -0.118. The number of anilines is 1. The lowest BCUT2D eigenvalue weighted by Crippen LogP contribution is -2.37. The summed E-state index contributed by atoms with van der Waals surface area (Å²) in [7, 11) is 0. The molecule has 1 aromatic carbocycles. The van der Waals surface area contributed by atoms with E-state index in [0.717, 1.165) is 24.1 Å². The summed E-state index contributed by atoms with van der Waals surface area (Å²) in [5.74, 6) is -2.61. The topological polar surface area (TPSA) is 116 Å². The van der Waals surface area contributed by atoms with E-state index in [-0.39, 0.29) is 18.0 Å². The molecule has 1 aliphatic heterocycles. The third-order valence-electron chi connectivity index (χ3n) is 3.89. The van der Waals surface area contributed by atoms with Gasteiger partial charge in [0.05, 0.1) is 29.8 Å². The second-order valence-corrected chi connectivity index (χ2v) is 5.31. The number of hydrogen-bond donors (Lipinski definition) is 1. The van der Waals surface area contributed by atoms with Gasteiger partial charge >= 0.3 is 0 Å². The Labute approximate surface area is 134 Å². The molecule has 0 aromatic heterocycles. The van der Waals surface area contributed by atoms with Crippen molar-refractivity contribution in [3.8, 4) is 18.2 Å². The van der Waals surface area contributed by atoms with E-state index in [9.17, 15) is 10.1 Å². The summed E-state index contributed by atoms with van der Waals surface area (Å²) in [6.45, 7) is 0.571. The van der Waals surface area contributed by atoms with E-state index in [1.165, 1.54) is 0 Å². The molecule has 0 spiro atoms. The molecule has 0 aliphatic carbocycles. The van der Waals surface area contributed by atoms with Crippen molar-refractivity contribution in [3.63, 3.8) is 0 Å². The van der Waals surface area contributed by atoms with Gasteiger partial charge in [0.25, 0.3) is 0 Å². The molecule has 2 rings (SSSR count). The van der Waals surface area contributed by atoms with Crippen LogP contribution in [0.1, 0.15) is 18.4 Å². The highest BCUT2D eigenvalue weighted by atomic mass is 16.2. The number of nitrogens with one attached hydrogen (secondary N) is 1. The van der Waals surface area contributed by atoms with Gasteiger partial charge in [0.15, 0.2) is 5.92 Å². The molecule has 23 heavy (non-hydrogen) atoms. The van der Waals surface area contributed by atoms with Crippen molar-refractivity contribution in [2.24, 2.45) is 11.8 Å². The highest BCUT2D eigenvalue weighted by Gasteiger charge is 2.29. The van der Waals surface area contributed by atoms with Crippen LogP contribution in [0, 0.1) is 51.2 Å². The Morgan fingerprint density at radius 2 is 1.91 bits per heavy atom. The number of nitrogens with zero attached hydrogens (tertiary/aromatic N) is 4. The number of benzene rings is 1. The van der Waals surface area contributed by atoms with Gasteiger partial charge in [-0.1, -0.05) is 18.2 Å². The Kier molecular flexibility index (Phi) is 5.07. The summed E-state index contributed by atoms with van der Waals surface area (Å²) in [5.41, 5.74) is 1.61. The Morgan fingerprint density at radius 1 is 1.22 bits per heavy atom. The highest BCUT2D eigenvalue weighted by molar-refractivity contribution is 6.00. The van der Waals surface area contributed by atoms with Crippen LogP contribution in [-0.4, -0.2) is 18.2 Å². The largest absolute Gasteiger partial charge is 0.312 e.